The molecule has 8 heavy (non-hydrogen) atoms. The first-order valence-electron chi connectivity index (χ1n) is 2.90. The maximum absolute atomic E-state index is 9.04. The van der Waals surface area contributed by atoms with Crippen LogP contribution in [0.5, 0.6) is 0 Å². The zero-order valence-electron chi connectivity index (χ0n) is 4.92. The van der Waals surface area contributed by atoms with Crippen LogP contribution in [0.2, 0.25) is 0 Å². The first kappa shape index (κ1) is 6.01. The summed E-state index contributed by atoms with van der Waals surface area (Å²) in [5, 5.41) is 9.04. The van der Waals surface area contributed by atoms with E-state index in [1.807, 2.05) is 6.92 Å². The van der Waals surface area contributed by atoms with Gasteiger partial charge in [-0.15, -0.1) is 0 Å². The smallest absolute Gasteiger partial charge is 0.0883 e. The van der Waals surface area contributed by atoms with Crippen molar-refractivity contribution in [3.05, 3.63) is 0 Å². The van der Waals surface area contributed by atoms with E-state index in [0.29, 0.717) is 6.61 Å². The standard InChI is InChI=1S/C5H11NO2/c1-2-5(7)4-3-8-6-4/h4-7H,2-3H2,1H3. The lowest BCUT2D eigenvalue weighted by Gasteiger charge is -2.30. The lowest BCUT2D eigenvalue weighted by molar-refractivity contribution is -0.136. The highest BCUT2D eigenvalue weighted by Crippen LogP contribution is 2.04. The van der Waals surface area contributed by atoms with E-state index in [1.165, 1.54) is 0 Å². The molecule has 0 aromatic rings. The van der Waals surface area contributed by atoms with Gasteiger partial charge in [-0.1, -0.05) is 6.92 Å². The molecular weight excluding hydrogens is 106 g/mol. The second-order valence-electron chi connectivity index (χ2n) is 2.01. The number of aliphatic hydroxyl groups is 1. The molecule has 0 bridgehead atoms. The van der Waals surface area contributed by atoms with Crippen LogP contribution in [-0.2, 0) is 4.84 Å². The lowest BCUT2D eigenvalue weighted by Crippen LogP contribution is -2.53. The van der Waals surface area contributed by atoms with Crippen molar-refractivity contribution < 1.29 is 9.94 Å². The van der Waals surface area contributed by atoms with E-state index in [-0.39, 0.29) is 12.1 Å². The Morgan fingerprint density at radius 3 is 2.75 bits per heavy atom. The van der Waals surface area contributed by atoms with E-state index in [9.17, 15) is 0 Å². The first-order valence-corrected chi connectivity index (χ1v) is 2.90. The van der Waals surface area contributed by atoms with Crippen LogP contribution in [0.1, 0.15) is 13.3 Å². The van der Waals surface area contributed by atoms with Crippen molar-refractivity contribution in [1.29, 1.82) is 0 Å². The molecule has 0 radical (unpaired) electrons. The fraction of sp³-hybridized carbons (Fsp3) is 1.00. The molecule has 1 aliphatic rings. The molecular formula is C5H11NO2. The summed E-state index contributed by atoms with van der Waals surface area (Å²) >= 11 is 0. The van der Waals surface area contributed by atoms with E-state index < -0.39 is 0 Å². The van der Waals surface area contributed by atoms with Crippen LogP contribution in [0.15, 0.2) is 0 Å². The van der Waals surface area contributed by atoms with Crippen molar-refractivity contribution in [2.45, 2.75) is 25.5 Å². The Bertz CT molecular complexity index is 70.1. The van der Waals surface area contributed by atoms with Crippen LogP contribution in [0.3, 0.4) is 0 Å². The summed E-state index contributed by atoms with van der Waals surface area (Å²) in [5.41, 5.74) is 2.65. The second-order valence-corrected chi connectivity index (χ2v) is 2.01. The molecule has 0 spiro atoms. The number of hydrogen-bond acceptors (Lipinski definition) is 3. The Labute approximate surface area is 48.6 Å². The van der Waals surface area contributed by atoms with Crippen LogP contribution in [0, 0.1) is 0 Å². The SMILES string of the molecule is CCC(O)C1CON1. The zero-order chi connectivity index (χ0) is 5.98. The molecule has 0 aromatic heterocycles. The van der Waals surface area contributed by atoms with Gasteiger partial charge in [-0.25, -0.2) is 0 Å². The fourth-order valence-corrected chi connectivity index (χ4v) is 0.654. The van der Waals surface area contributed by atoms with Crippen molar-refractivity contribution in [1.82, 2.24) is 5.48 Å². The van der Waals surface area contributed by atoms with Crippen molar-refractivity contribution >= 4 is 0 Å². The molecule has 0 aliphatic carbocycles. The summed E-state index contributed by atoms with van der Waals surface area (Å²) < 4.78 is 0. The van der Waals surface area contributed by atoms with E-state index in [4.69, 9.17) is 5.11 Å². The molecule has 2 N–H and O–H groups in total. The molecule has 1 fully saturated rings. The summed E-state index contributed by atoms with van der Waals surface area (Å²) in [7, 11) is 0. The van der Waals surface area contributed by atoms with Crippen LogP contribution in [0.4, 0.5) is 0 Å². The number of rotatable bonds is 2. The Kier molecular flexibility index (Phi) is 1.83. The Balaban J connectivity index is 2.13. The van der Waals surface area contributed by atoms with Crippen LogP contribution in [-0.4, -0.2) is 23.9 Å². The molecule has 0 amide bonds. The van der Waals surface area contributed by atoms with E-state index >= 15 is 0 Å². The topological polar surface area (TPSA) is 41.5 Å². The van der Waals surface area contributed by atoms with E-state index in [2.05, 4.69) is 10.3 Å². The van der Waals surface area contributed by atoms with Gasteiger partial charge in [0.25, 0.3) is 0 Å². The van der Waals surface area contributed by atoms with Crippen LogP contribution in [0.25, 0.3) is 0 Å². The number of hydrogen-bond donors (Lipinski definition) is 2. The first-order chi connectivity index (χ1) is 3.84. The molecule has 2 atom stereocenters. The molecule has 1 saturated heterocycles. The predicted molar refractivity (Wildman–Crippen MR) is 29.2 cm³/mol. The Hall–Kier alpha value is -0.120. The van der Waals surface area contributed by atoms with E-state index in [0.717, 1.165) is 6.42 Å². The second kappa shape index (κ2) is 2.44. The van der Waals surface area contributed by atoms with E-state index in [1.54, 1.807) is 0 Å². The van der Waals surface area contributed by atoms with Gasteiger partial charge in [-0.2, -0.15) is 5.48 Å². The molecule has 48 valence electrons. The van der Waals surface area contributed by atoms with Gasteiger partial charge in [0.15, 0.2) is 0 Å². The molecule has 1 heterocycles. The van der Waals surface area contributed by atoms with Gasteiger partial charge >= 0.3 is 0 Å². The quantitative estimate of drug-likeness (QED) is 0.520. The highest BCUT2D eigenvalue weighted by molar-refractivity contribution is 4.75. The predicted octanol–water partition coefficient (Wildman–Crippen LogP) is -0.339. The average molecular weight is 117 g/mol. The van der Waals surface area contributed by atoms with Gasteiger partial charge in [0.2, 0.25) is 0 Å². The highest BCUT2D eigenvalue weighted by Gasteiger charge is 2.24. The number of nitrogens with one attached hydrogen (secondary N) is 1. The molecule has 0 aromatic carbocycles. The van der Waals surface area contributed by atoms with Gasteiger partial charge in [0, 0.05) is 0 Å². The summed E-state index contributed by atoms with van der Waals surface area (Å²) in [6.07, 6.45) is 0.560. The fourth-order valence-electron chi connectivity index (χ4n) is 0.654. The molecule has 3 heteroatoms. The molecule has 3 nitrogen and oxygen atoms in total. The number of hydroxylamine groups is 1. The average Bonchev–Trinajstić information content (AvgIpc) is 1.62. The minimum absolute atomic E-state index is 0.181. The van der Waals surface area contributed by atoms with Crippen molar-refractivity contribution in [2.75, 3.05) is 6.61 Å². The summed E-state index contributed by atoms with van der Waals surface area (Å²) in [6, 6.07) is 0.181. The molecule has 1 rings (SSSR count). The minimum Gasteiger partial charge on any atom is -0.391 e. The normalized spacial score (nSPS) is 31.5. The third-order valence-electron chi connectivity index (χ3n) is 1.38. The summed E-state index contributed by atoms with van der Waals surface area (Å²) in [6.45, 7) is 2.60. The van der Waals surface area contributed by atoms with Gasteiger partial charge in [0.1, 0.15) is 0 Å². The largest absolute Gasteiger partial charge is 0.391 e. The minimum atomic E-state index is -0.233. The summed E-state index contributed by atoms with van der Waals surface area (Å²) in [4.78, 5) is 4.65. The highest BCUT2D eigenvalue weighted by atomic mass is 16.7. The van der Waals surface area contributed by atoms with Gasteiger partial charge in [-0.3, -0.25) is 4.84 Å². The monoisotopic (exact) mass is 117 g/mol. The third-order valence-corrected chi connectivity index (χ3v) is 1.38. The summed E-state index contributed by atoms with van der Waals surface area (Å²) in [5.74, 6) is 0. The van der Waals surface area contributed by atoms with Crippen LogP contribution < -0.4 is 5.48 Å². The molecule has 0 saturated carbocycles. The van der Waals surface area contributed by atoms with Gasteiger partial charge in [0.05, 0.1) is 18.8 Å². The Morgan fingerprint density at radius 2 is 2.62 bits per heavy atom. The van der Waals surface area contributed by atoms with Crippen molar-refractivity contribution in [2.24, 2.45) is 0 Å². The molecule has 2 unspecified atom stereocenters. The van der Waals surface area contributed by atoms with Crippen molar-refractivity contribution in [3.8, 4) is 0 Å². The third kappa shape index (κ3) is 0.992. The van der Waals surface area contributed by atoms with Gasteiger partial charge in [-0.05, 0) is 6.42 Å². The van der Waals surface area contributed by atoms with Gasteiger partial charge < -0.3 is 5.11 Å². The zero-order valence-corrected chi connectivity index (χ0v) is 4.92. The maximum Gasteiger partial charge on any atom is 0.0883 e. The maximum atomic E-state index is 9.04. The molecule has 1 aliphatic heterocycles. The lowest BCUT2D eigenvalue weighted by atomic mass is 10.1. The van der Waals surface area contributed by atoms with Crippen LogP contribution >= 0.6 is 0 Å². The van der Waals surface area contributed by atoms with Crippen molar-refractivity contribution in [3.63, 3.8) is 0 Å². The number of aliphatic hydroxyl groups excluding tert-OH is 1. The Morgan fingerprint density at radius 1 is 2.00 bits per heavy atom.